The number of methoxy groups -OCH3 is 1. The summed E-state index contributed by atoms with van der Waals surface area (Å²) < 4.78 is 34.7. The van der Waals surface area contributed by atoms with Crippen molar-refractivity contribution in [1.29, 1.82) is 0 Å². The summed E-state index contributed by atoms with van der Waals surface area (Å²) in [4.78, 5) is 12.7. The first-order valence-corrected chi connectivity index (χ1v) is 11.1. The maximum absolute atomic E-state index is 12.7. The summed E-state index contributed by atoms with van der Waals surface area (Å²) in [5.74, 6) is 1.52. The van der Waals surface area contributed by atoms with Crippen LogP contribution in [0.4, 0.5) is 0 Å². The van der Waals surface area contributed by atoms with Crippen molar-refractivity contribution in [1.82, 2.24) is 10.0 Å². The van der Waals surface area contributed by atoms with Gasteiger partial charge in [0.25, 0.3) is 5.91 Å². The normalized spacial score (nSPS) is 18.8. The fourth-order valence-corrected chi connectivity index (χ4v) is 4.77. The SMILES string of the molecule is COc1cc(/C=C/C(=O)N(C2CCS(=O)(=O)C2)N(C)C)ccc1OCC(C)C. The van der Waals surface area contributed by atoms with Crippen molar-refractivity contribution in [3.63, 3.8) is 0 Å². The lowest BCUT2D eigenvalue weighted by molar-refractivity contribution is -0.143. The lowest BCUT2D eigenvalue weighted by atomic mass is 10.1. The molecule has 0 aromatic heterocycles. The Hall–Kier alpha value is -2.06. The Labute approximate surface area is 167 Å². The molecule has 0 saturated carbocycles. The highest BCUT2D eigenvalue weighted by molar-refractivity contribution is 7.91. The fraction of sp³-hybridized carbons (Fsp3) is 0.550. The lowest BCUT2D eigenvalue weighted by Crippen LogP contribution is -2.48. The second-order valence-corrected chi connectivity index (χ2v) is 9.76. The van der Waals surface area contributed by atoms with E-state index in [1.807, 2.05) is 12.1 Å². The molecule has 0 bridgehead atoms. The predicted octanol–water partition coefficient (Wildman–Crippen LogP) is 2.24. The maximum atomic E-state index is 12.7. The molecule has 1 saturated heterocycles. The van der Waals surface area contributed by atoms with Crippen LogP contribution in [-0.4, -0.2) is 69.7 Å². The van der Waals surface area contributed by atoms with Crippen molar-refractivity contribution in [2.75, 3.05) is 39.3 Å². The van der Waals surface area contributed by atoms with Crippen molar-refractivity contribution in [2.45, 2.75) is 26.3 Å². The Morgan fingerprint density at radius 1 is 1.29 bits per heavy atom. The quantitative estimate of drug-likeness (QED) is 0.483. The van der Waals surface area contributed by atoms with E-state index in [1.165, 1.54) is 11.1 Å². The monoisotopic (exact) mass is 410 g/mol. The molecule has 1 heterocycles. The molecule has 7 nitrogen and oxygen atoms in total. The van der Waals surface area contributed by atoms with Gasteiger partial charge in [-0.3, -0.25) is 9.80 Å². The Morgan fingerprint density at radius 3 is 2.54 bits per heavy atom. The average molecular weight is 411 g/mol. The molecule has 1 fully saturated rings. The van der Waals surface area contributed by atoms with Crippen LogP contribution in [0.1, 0.15) is 25.8 Å². The second kappa shape index (κ2) is 9.43. The van der Waals surface area contributed by atoms with Gasteiger partial charge in [0.1, 0.15) is 0 Å². The third kappa shape index (κ3) is 5.97. The molecule has 1 atom stereocenters. The van der Waals surface area contributed by atoms with Gasteiger partial charge in [-0.25, -0.2) is 13.4 Å². The third-order valence-corrected chi connectivity index (χ3v) is 6.14. The molecule has 1 aliphatic heterocycles. The molecule has 1 aliphatic rings. The molecule has 1 unspecified atom stereocenters. The van der Waals surface area contributed by atoms with Gasteiger partial charge in [-0.05, 0) is 36.1 Å². The molecule has 1 aromatic carbocycles. The van der Waals surface area contributed by atoms with Gasteiger partial charge >= 0.3 is 0 Å². The topological polar surface area (TPSA) is 76.2 Å². The minimum atomic E-state index is -3.08. The molecule has 0 N–H and O–H groups in total. The summed E-state index contributed by atoms with van der Waals surface area (Å²) in [6.45, 7) is 4.73. The molecule has 0 aliphatic carbocycles. The summed E-state index contributed by atoms with van der Waals surface area (Å²) in [6.07, 6.45) is 3.60. The van der Waals surface area contributed by atoms with Gasteiger partial charge in [-0.15, -0.1) is 0 Å². The molecule has 1 amide bonds. The summed E-state index contributed by atoms with van der Waals surface area (Å²) in [7, 11) is 1.97. The number of carbonyl (C=O) groups is 1. The Morgan fingerprint density at radius 2 is 2.00 bits per heavy atom. The smallest absolute Gasteiger partial charge is 0.261 e. The number of nitrogens with zero attached hydrogens (tertiary/aromatic N) is 2. The molecule has 8 heteroatoms. The maximum Gasteiger partial charge on any atom is 0.261 e. The van der Waals surface area contributed by atoms with E-state index in [0.717, 1.165) is 5.56 Å². The zero-order valence-electron chi connectivity index (χ0n) is 17.2. The molecule has 2 rings (SSSR count). The number of amides is 1. The number of hydrogen-bond acceptors (Lipinski definition) is 6. The fourth-order valence-electron chi connectivity index (χ4n) is 3.08. The molecule has 156 valence electrons. The van der Waals surface area contributed by atoms with E-state index in [-0.39, 0.29) is 23.5 Å². The Kier molecular flexibility index (Phi) is 7.48. The van der Waals surface area contributed by atoms with Gasteiger partial charge in [0.05, 0.1) is 31.3 Å². The zero-order chi connectivity index (χ0) is 20.9. The summed E-state index contributed by atoms with van der Waals surface area (Å²) >= 11 is 0. The standard InChI is InChI=1S/C20H30N2O5S/c1-15(2)13-27-18-8-6-16(12-19(18)26-5)7-9-20(23)22(21(3)4)17-10-11-28(24,25)14-17/h6-9,12,15,17H,10-11,13-14H2,1-5H3/b9-7+. The second-order valence-electron chi connectivity index (χ2n) is 7.54. The van der Waals surface area contributed by atoms with Crippen LogP contribution < -0.4 is 9.47 Å². The first-order chi connectivity index (χ1) is 13.1. The van der Waals surface area contributed by atoms with Gasteiger partial charge in [0.15, 0.2) is 21.3 Å². The highest BCUT2D eigenvalue weighted by Crippen LogP contribution is 2.29. The van der Waals surface area contributed by atoms with E-state index in [4.69, 9.17) is 9.47 Å². The van der Waals surface area contributed by atoms with Crippen molar-refractivity contribution in [3.8, 4) is 11.5 Å². The Bertz CT molecular complexity index is 818. The predicted molar refractivity (Wildman–Crippen MR) is 110 cm³/mol. The van der Waals surface area contributed by atoms with Gasteiger partial charge in [0, 0.05) is 20.2 Å². The van der Waals surface area contributed by atoms with Gasteiger partial charge < -0.3 is 9.47 Å². The number of ether oxygens (including phenoxy) is 2. The highest BCUT2D eigenvalue weighted by atomic mass is 32.2. The van der Waals surface area contributed by atoms with Crippen LogP contribution in [0.3, 0.4) is 0 Å². The molecule has 0 radical (unpaired) electrons. The van der Waals surface area contributed by atoms with Crippen LogP contribution in [0, 0.1) is 5.92 Å². The third-order valence-electron chi connectivity index (χ3n) is 4.39. The van der Waals surface area contributed by atoms with E-state index in [9.17, 15) is 13.2 Å². The number of sulfone groups is 1. The van der Waals surface area contributed by atoms with Crippen molar-refractivity contribution in [3.05, 3.63) is 29.8 Å². The molecular formula is C20H30N2O5S. The van der Waals surface area contributed by atoms with Gasteiger partial charge in [-0.1, -0.05) is 19.9 Å². The van der Waals surface area contributed by atoms with Crippen LogP contribution in [0.25, 0.3) is 6.08 Å². The van der Waals surface area contributed by atoms with Crippen molar-refractivity contribution in [2.24, 2.45) is 5.92 Å². The molecule has 1 aromatic rings. The van der Waals surface area contributed by atoms with Crippen molar-refractivity contribution < 1.29 is 22.7 Å². The van der Waals surface area contributed by atoms with Crippen LogP contribution in [0.5, 0.6) is 11.5 Å². The summed E-state index contributed by atoms with van der Waals surface area (Å²) in [6, 6.07) is 5.14. The van der Waals surface area contributed by atoms with Crippen LogP contribution in [0.2, 0.25) is 0 Å². The average Bonchev–Trinajstić information content (AvgIpc) is 2.97. The number of hydrazine groups is 1. The lowest BCUT2D eigenvalue weighted by Gasteiger charge is -2.32. The molecule has 0 spiro atoms. The number of rotatable bonds is 8. The highest BCUT2D eigenvalue weighted by Gasteiger charge is 2.35. The van der Waals surface area contributed by atoms with Crippen LogP contribution in [-0.2, 0) is 14.6 Å². The molecular weight excluding hydrogens is 380 g/mol. The van der Waals surface area contributed by atoms with Crippen molar-refractivity contribution >= 4 is 21.8 Å². The number of carbonyl (C=O) groups excluding carboxylic acids is 1. The largest absolute Gasteiger partial charge is 0.493 e. The van der Waals surface area contributed by atoms with E-state index in [2.05, 4.69) is 13.8 Å². The minimum absolute atomic E-state index is 0.000466. The van der Waals surface area contributed by atoms with Gasteiger partial charge in [-0.2, -0.15) is 0 Å². The Balaban J connectivity index is 2.13. The van der Waals surface area contributed by atoms with Crippen LogP contribution in [0.15, 0.2) is 24.3 Å². The zero-order valence-corrected chi connectivity index (χ0v) is 18.0. The first-order valence-electron chi connectivity index (χ1n) is 9.32. The van der Waals surface area contributed by atoms with E-state index >= 15 is 0 Å². The first kappa shape index (κ1) is 22.2. The van der Waals surface area contributed by atoms with Crippen LogP contribution >= 0.6 is 0 Å². The number of hydrogen-bond donors (Lipinski definition) is 0. The van der Waals surface area contributed by atoms with E-state index in [1.54, 1.807) is 38.4 Å². The summed E-state index contributed by atoms with van der Waals surface area (Å²) in [5.41, 5.74) is 0.792. The van der Waals surface area contributed by atoms with E-state index in [0.29, 0.717) is 30.4 Å². The van der Waals surface area contributed by atoms with E-state index < -0.39 is 9.84 Å². The minimum Gasteiger partial charge on any atom is -0.493 e. The summed E-state index contributed by atoms with van der Waals surface area (Å²) in [5, 5.41) is 3.14. The number of benzene rings is 1. The van der Waals surface area contributed by atoms with Gasteiger partial charge in [0.2, 0.25) is 0 Å². The molecule has 28 heavy (non-hydrogen) atoms.